The molecular formula is C9H14N6O. The van der Waals surface area contributed by atoms with Gasteiger partial charge in [-0.15, -0.1) is 0 Å². The van der Waals surface area contributed by atoms with Crippen LogP contribution in [0, 0.1) is 0 Å². The quantitative estimate of drug-likeness (QED) is 0.584. The van der Waals surface area contributed by atoms with Gasteiger partial charge in [0.25, 0.3) is 0 Å². The molecule has 0 fully saturated rings. The van der Waals surface area contributed by atoms with Gasteiger partial charge in [0.15, 0.2) is 5.65 Å². The van der Waals surface area contributed by atoms with E-state index in [4.69, 9.17) is 5.73 Å². The smallest absolute Gasteiger partial charge is 0.224 e. The minimum absolute atomic E-state index is 0.172. The van der Waals surface area contributed by atoms with Crippen molar-refractivity contribution in [2.45, 2.75) is 19.4 Å². The van der Waals surface area contributed by atoms with E-state index in [0.29, 0.717) is 24.4 Å². The van der Waals surface area contributed by atoms with Gasteiger partial charge in [-0.05, 0) is 6.42 Å². The third-order valence-corrected chi connectivity index (χ3v) is 2.30. The fourth-order valence-corrected chi connectivity index (χ4v) is 1.35. The Labute approximate surface area is 92.1 Å². The lowest BCUT2D eigenvalue weighted by atomic mass is 10.3. The molecule has 0 spiro atoms. The highest BCUT2D eigenvalue weighted by Gasteiger charge is 2.08. The van der Waals surface area contributed by atoms with Crippen LogP contribution >= 0.6 is 0 Å². The number of H-pyrrole nitrogens is 1. The molecule has 0 aromatic carbocycles. The molecule has 7 nitrogen and oxygen atoms in total. The third kappa shape index (κ3) is 2.03. The maximum absolute atomic E-state index is 9.45. The summed E-state index contributed by atoms with van der Waals surface area (Å²) < 4.78 is 0. The SMILES string of the molecule is CCC(O)CNc1nc(N)nc2[nH]ncc12. The number of aliphatic hydroxyl groups excluding tert-OH is 1. The second kappa shape index (κ2) is 4.31. The van der Waals surface area contributed by atoms with Crippen LogP contribution < -0.4 is 11.1 Å². The van der Waals surface area contributed by atoms with Crippen molar-refractivity contribution in [2.24, 2.45) is 0 Å². The van der Waals surface area contributed by atoms with Crippen LogP contribution in [0.3, 0.4) is 0 Å². The zero-order valence-electron chi connectivity index (χ0n) is 8.94. The highest BCUT2D eigenvalue weighted by atomic mass is 16.3. The van der Waals surface area contributed by atoms with E-state index in [0.717, 1.165) is 5.39 Å². The molecule has 0 saturated heterocycles. The summed E-state index contributed by atoms with van der Waals surface area (Å²) in [6.45, 7) is 2.33. The van der Waals surface area contributed by atoms with Crippen LogP contribution in [-0.2, 0) is 0 Å². The van der Waals surface area contributed by atoms with E-state index >= 15 is 0 Å². The van der Waals surface area contributed by atoms with Crippen molar-refractivity contribution in [1.29, 1.82) is 0 Å². The second-order valence-electron chi connectivity index (χ2n) is 3.51. The standard InChI is InChI=1S/C9H14N6O/c1-2-5(16)3-11-7-6-4-12-15-8(6)14-9(10)13-7/h4-5,16H,2-3H2,1H3,(H4,10,11,12,13,14,15). The minimum atomic E-state index is -0.404. The number of nitrogens with zero attached hydrogens (tertiary/aromatic N) is 3. The van der Waals surface area contributed by atoms with Gasteiger partial charge in [0.2, 0.25) is 5.95 Å². The molecule has 1 atom stereocenters. The summed E-state index contributed by atoms with van der Waals surface area (Å²) in [5.41, 5.74) is 6.13. The first kappa shape index (κ1) is 10.6. The number of rotatable bonds is 4. The Morgan fingerprint density at radius 2 is 2.38 bits per heavy atom. The number of nitrogens with two attached hydrogens (primary N) is 1. The molecule has 0 aliphatic heterocycles. The van der Waals surface area contributed by atoms with E-state index < -0.39 is 6.10 Å². The average Bonchev–Trinajstić information content (AvgIpc) is 2.73. The molecule has 2 rings (SSSR count). The lowest BCUT2D eigenvalue weighted by molar-refractivity contribution is 0.183. The second-order valence-corrected chi connectivity index (χ2v) is 3.51. The molecule has 16 heavy (non-hydrogen) atoms. The van der Waals surface area contributed by atoms with E-state index in [9.17, 15) is 5.11 Å². The summed E-state index contributed by atoms with van der Waals surface area (Å²) in [5.74, 6) is 0.758. The Bertz CT molecular complexity index is 482. The number of aliphatic hydroxyl groups is 1. The molecule has 0 saturated carbocycles. The van der Waals surface area contributed by atoms with Crippen molar-refractivity contribution in [3.05, 3.63) is 6.20 Å². The summed E-state index contributed by atoms with van der Waals surface area (Å²) in [4.78, 5) is 8.05. The fourth-order valence-electron chi connectivity index (χ4n) is 1.35. The van der Waals surface area contributed by atoms with Gasteiger partial charge in [-0.2, -0.15) is 15.1 Å². The molecule has 0 radical (unpaired) electrons. The van der Waals surface area contributed by atoms with Gasteiger partial charge in [-0.3, -0.25) is 5.10 Å². The first-order chi connectivity index (χ1) is 7.70. The van der Waals surface area contributed by atoms with E-state index in [1.165, 1.54) is 0 Å². The van der Waals surface area contributed by atoms with Crippen LogP contribution in [0.4, 0.5) is 11.8 Å². The Morgan fingerprint density at radius 3 is 3.12 bits per heavy atom. The predicted molar refractivity (Wildman–Crippen MR) is 60.9 cm³/mol. The third-order valence-electron chi connectivity index (χ3n) is 2.30. The van der Waals surface area contributed by atoms with E-state index in [1.807, 2.05) is 6.92 Å². The average molecular weight is 222 g/mol. The van der Waals surface area contributed by atoms with E-state index in [-0.39, 0.29) is 5.95 Å². The van der Waals surface area contributed by atoms with Crippen LogP contribution in [0.1, 0.15) is 13.3 Å². The number of nitrogen functional groups attached to an aromatic ring is 1. The van der Waals surface area contributed by atoms with Crippen LogP contribution in [0.5, 0.6) is 0 Å². The summed E-state index contributed by atoms with van der Waals surface area (Å²) in [5, 5.41) is 19.8. The molecule has 0 bridgehead atoms. The number of hydrogen-bond donors (Lipinski definition) is 4. The number of hydrogen-bond acceptors (Lipinski definition) is 6. The van der Waals surface area contributed by atoms with Crippen molar-refractivity contribution >= 4 is 22.8 Å². The maximum Gasteiger partial charge on any atom is 0.224 e. The van der Waals surface area contributed by atoms with Gasteiger partial charge in [-0.1, -0.05) is 6.92 Å². The molecule has 86 valence electrons. The first-order valence-electron chi connectivity index (χ1n) is 5.09. The summed E-state index contributed by atoms with van der Waals surface area (Å²) in [7, 11) is 0. The maximum atomic E-state index is 9.45. The zero-order valence-corrected chi connectivity index (χ0v) is 8.94. The van der Waals surface area contributed by atoms with Crippen LogP contribution in [0.2, 0.25) is 0 Å². The predicted octanol–water partition coefficient (Wildman–Crippen LogP) is 0.118. The number of aromatic amines is 1. The zero-order chi connectivity index (χ0) is 11.5. The number of nitrogens with one attached hydrogen (secondary N) is 2. The Hall–Kier alpha value is -1.89. The normalized spacial score (nSPS) is 12.9. The Morgan fingerprint density at radius 1 is 1.56 bits per heavy atom. The number of aromatic nitrogens is 4. The molecule has 7 heteroatoms. The van der Waals surface area contributed by atoms with Crippen LogP contribution in [0.15, 0.2) is 6.20 Å². The van der Waals surface area contributed by atoms with Crippen molar-refractivity contribution in [3.8, 4) is 0 Å². The van der Waals surface area contributed by atoms with Gasteiger partial charge in [0, 0.05) is 6.54 Å². The van der Waals surface area contributed by atoms with E-state index in [2.05, 4.69) is 25.5 Å². The van der Waals surface area contributed by atoms with Crippen molar-refractivity contribution < 1.29 is 5.11 Å². The highest BCUT2D eigenvalue weighted by Crippen LogP contribution is 2.18. The fraction of sp³-hybridized carbons (Fsp3) is 0.444. The molecule has 0 amide bonds. The van der Waals surface area contributed by atoms with Gasteiger partial charge in [-0.25, -0.2) is 0 Å². The molecule has 2 aromatic rings. The minimum Gasteiger partial charge on any atom is -0.391 e. The van der Waals surface area contributed by atoms with Crippen LogP contribution in [-0.4, -0.2) is 37.9 Å². The molecule has 1 unspecified atom stereocenters. The van der Waals surface area contributed by atoms with Crippen molar-refractivity contribution in [2.75, 3.05) is 17.6 Å². The van der Waals surface area contributed by atoms with Gasteiger partial charge >= 0.3 is 0 Å². The van der Waals surface area contributed by atoms with E-state index in [1.54, 1.807) is 6.20 Å². The summed E-state index contributed by atoms with van der Waals surface area (Å²) >= 11 is 0. The monoisotopic (exact) mass is 222 g/mol. The van der Waals surface area contributed by atoms with Crippen LogP contribution in [0.25, 0.3) is 11.0 Å². The lowest BCUT2D eigenvalue weighted by Gasteiger charge is -2.10. The molecule has 5 N–H and O–H groups in total. The highest BCUT2D eigenvalue weighted by molar-refractivity contribution is 5.86. The first-order valence-corrected chi connectivity index (χ1v) is 5.09. The Kier molecular flexibility index (Phi) is 2.86. The van der Waals surface area contributed by atoms with Gasteiger partial charge < -0.3 is 16.2 Å². The molecule has 2 aromatic heterocycles. The van der Waals surface area contributed by atoms with Crippen molar-refractivity contribution in [1.82, 2.24) is 20.2 Å². The summed E-state index contributed by atoms with van der Waals surface area (Å²) in [6, 6.07) is 0. The topological polar surface area (TPSA) is 113 Å². The molecule has 0 aliphatic carbocycles. The number of anilines is 2. The largest absolute Gasteiger partial charge is 0.391 e. The molecule has 2 heterocycles. The number of fused-ring (bicyclic) bond motifs is 1. The lowest BCUT2D eigenvalue weighted by Crippen LogP contribution is -2.19. The summed E-state index contributed by atoms with van der Waals surface area (Å²) in [6.07, 6.45) is 1.90. The molecule has 0 aliphatic rings. The Balaban J connectivity index is 2.25. The molecular weight excluding hydrogens is 208 g/mol. The van der Waals surface area contributed by atoms with Crippen molar-refractivity contribution in [3.63, 3.8) is 0 Å². The van der Waals surface area contributed by atoms with Gasteiger partial charge in [0.1, 0.15) is 5.82 Å². The van der Waals surface area contributed by atoms with Gasteiger partial charge in [0.05, 0.1) is 17.7 Å².